The smallest absolute Gasteiger partial charge is 0.305 e. The van der Waals surface area contributed by atoms with Gasteiger partial charge < -0.3 is 19.9 Å². The molecule has 0 fully saturated rings. The highest BCUT2D eigenvalue weighted by Crippen LogP contribution is 2.35. The maximum atomic E-state index is 13.6. The zero-order chi connectivity index (χ0) is 23.3. The Kier molecular flexibility index (Phi) is 7.27. The van der Waals surface area contributed by atoms with E-state index in [0.29, 0.717) is 21.9 Å². The second kappa shape index (κ2) is 10.1. The third kappa shape index (κ3) is 5.15. The maximum Gasteiger partial charge on any atom is 0.305 e. The molecule has 0 unspecified atom stereocenters. The number of pyridine rings is 1. The Hall–Kier alpha value is -3.65. The molecule has 0 bridgehead atoms. The Labute approximate surface area is 188 Å². The number of ether oxygens (including phenoxy) is 2. The number of nitrogens with one attached hydrogen (secondary N) is 1. The monoisotopic (exact) mass is 458 g/mol. The second-order valence-corrected chi connectivity index (χ2v) is 7.14. The lowest BCUT2D eigenvalue weighted by Crippen LogP contribution is -2.31. The predicted molar refractivity (Wildman–Crippen MR) is 117 cm³/mol. The van der Waals surface area contributed by atoms with Crippen LogP contribution in [0.4, 0.5) is 4.39 Å². The first-order chi connectivity index (χ1) is 15.3. The van der Waals surface area contributed by atoms with Gasteiger partial charge in [0.1, 0.15) is 28.7 Å². The van der Waals surface area contributed by atoms with E-state index in [1.807, 2.05) is 0 Å². The molecule has 7 nitrogen and oxygen atoms in total. The van der Waals surface area contributed by atoms with Crippen LogP contribution in [0, 0.1) is 5.82 Å². The van der Waals surface area contributed by atoms with E-state index in [1.54, 1.807) is 30.3 Å². The van der Waals surface area contributed by atoms with Crippen LogP contribution in [-0.2, 0) is 4.79 Å². The summed E-state index contributed by atoms with van der Waals surface area (Å²) in [7, 11) is 2.83. The minimum absolute atomic E-state index is 0.00891. The van der Waals surface area contributed by atoms with Crippen molar-refractivity contribution >= 4 is 23.5 Å². The highest BCUT2D eigenvalue weighted by molar-refractivity contribution is 6.31. The van der Waals surface area contributed by atoms with Crippen LogP contribution in [0.2, 0.25) is 5.02 Å². The van der Waals surface area contributed by atoms with E-state index in [4.69, 9.17) is 21.1 Å². The molecule has 0 saturated heterocycles. The standard InChI is InChI=1S/C23H20ClFN2O5/c1-31-19-10-9-17(26-22(19)15-8-7-13(25)11-20(15)32-2)23(30)27-18(12-21(28)29)14-5-3-4-6-16(14)24/h3-11,18H,12H2,1-2H3,(H,27,30)(H,28,29)/t18-/m0/s1. The normalized spacial score (nSPS) is 11.5. The number of carboxylic acids is 1. The number of benzene rings is 2. The van der Waals surface area contributed by atoms with Gasteiger partial charge in [-0.3, -0.25) is 9.59 Å². The molecule has 1 atom stereocenters. The Morgan fingerprint density at radius 3 is 2.47 bits per heavy atom. The molecule has 0 radical (unpaired) electrons. The first-order valence-corrected chi connectivity index (χ1v) is 9.87. The highest BCUT2D eigenvalue weighted by Gasteiger charge is 2.23. The van der Waals surface area contributed by atoms with Crippen LogP contribution in [-0.4, -0.2) is 36.2 Å². The first kappa shape index (κ1) is 23.0. The molecule has 1 amide bonds. The number of aromatic nitrogens is 1. The van der Waals surface area contributed by atoms with Crippen molar-refractivity contribution in [2.75, 3.05) is 14.2 Å². The molecule has 3 aromatic rings. The van der Waals surface area contributed by atoms with Crippen molar-refractivity contribution in [2.45, 2.75) is 12.5 Å². The fraction of sp³-hybridized carbons (Fsp3) is 0.174. The van der Waals surface area contributed by atoms with E-state index in [2.05, 4.69) is 10.3 Å². The molecule has 2 N–H and O–H groups in total. The van der Waals surface area contributed by atoms with E-state index in [9.17, 15) is 19.1 Å². The van der Waals surface area contributed by atoms with Gasteiger partial charge in [0.2, 0.25) is 0 Å². The molecular weight excluding hydrogens is 439 g/mol. The second-order valence-electron chi connectivity index (χ2n) is 6.74. The number of carboxylic acid groups (broad SMARTS) is 1. The molecule has 0 spiro atoms. The van der Waals surface area contributed by atoms with Crippen LogP contribution in [0.5, 0.6) is 11.5 Å². The van der Waals surface area contributed by atoms with Gasteiger partial charge in [0.05, 0.1) is 26.7 Å². The number of nitrogens with zero attached hydrogens (tertiary/aromatic N) is 1. The Balaban J connectivity index is 1.99. The average Bonchev–Trinajstić information content (AvgIpc) is 2.78. The van der Waals surface area contributed by atoms with Crippen LogP contribution in [0.15, 0.2) is 54.6 Å². The van der Waals surface area contributed by atoms with E-state index >= 15 is 0 Å². The summed E-state index contributed by atoms with van der Waals surface area (Å²) in [6.07, 6.45) is -0.371. The van der Waals surface area contributed by atoms with Gasteiger partial charge in [0, 0.05) is 16.7 Å². The third-order valence-electron chi connectivity index (χ3n) is 4.69. The number of aliphatic carboxylic acids is 1. The lowest BCUT2D eigenvalue weighted by Gasteiger charge is -2.19. The zero-order valence-corrected chi connectivity index (χ0v) is 18.0. The molecule has 0 aliphatic rings. The summed E-state index contributed by atoms with van der Waals surface area (Å²) in [4.78, 5) is 28.7. The highest BCUT2D eigenvalue weighted by atomic mass is 35.5. The van der Waals surface area contributed by atoms with Gasteiger partial charge in [-0.15, -0.1) is 0 Å². The van der Waals surface area contributed by atoms with Gasteiger partial charge in [0.25, 0.3) is 5.91 Å². The molecule has 166 valence electrons. The van der Waals surface area contributed by atoms with Crippen molar-refractivity contribution in [3.8, 4) is 22.8 Å². The fourth-order valence-electron chi connectivity index (χ4n) is 3.19. The molecule has 3 rings (SSSR count). The van der Waals surface area contributed by atoms with Crippen molar-refractivity contribution in [1.82, 2.24) is 10.3 Å². The van der Waals surface area contributed by atoms with E-state index in [1.165, 1.54) is 38.5 Å². The minimum Gasteiger partial charge on any atom is -0.496 e. The van der Waals surface area contributed by atoms with Crippen LogP contribution in [0.1, 0.15) is 28.5 Å². The van der Waals surface area contributed by atoms with Gasteiger partial charge in [-0.2, -0.15) is 0 Å². The van der Waals surface area contributed by atoms with Gasteiger partial charge in [-0.1, -0.05) is 29.8 Å². The Bertz CT molecular complexity index is 1150. The summed E-state index contributed by atoms with van der Waals surface area (Å²) in [6, 6.07) is 12.7. The van der Waals surface area contributed by atoms with Crippen molar-refractivity contribution < 1.29 is 28.6 Å². The van der Waals surface area contributed by atoms with Gasteiger partial charge in [0.15, 0.2) is 0 Å². The largest absolute Gasteiger partial charge is 0.496 e. The van der Waals surface area contributed by atoms with Crippen LogP contribution in [0.3, 0.4) is 0 Å². The summed E-state index contributed by atoms with van der Waals surface area (Å²) in [5.41, 5.74) is 1.17. The fourth-order valence-corrected chi connectivity index (χ4v) is 3.46. The van der Waals surface area contributed by atoms with E-state index in [0.717, 1.165) is 0 Å². The summed E-state index contributed by atoms with van der Waals surface area (Å²) in [6.45, 7) is 0. The number of rotatable bonds is 8. The molecular formula is C23H20ClFN2O5. The molecule has 9 heteroatoms. The van der Waals surface area contributed by atoms with Crippen LogP contribution >= 0.6 is 11.6 Å². The molecule has 0 aliphatic carbocycles. The molecule has 1 heterocycles. The van der Waals surface area contributed by atoms with Crippen molar-refractivity contribution in [2.24, 2.45) is 0 Å². The Morgan fingerprint density at radius 1 is 1.09 bits per heavy atom. The summed E-state index contributed by atoms with van der Waals surface area (Å²) < 4.78 is 24.2. The van der Waals surface area contributed by atoms with Crippen molar-refractivity contribution in [3.05, 3.63) is 76.7 Å². The predicted octanol–water partition coefficient (Wildman–Crippen LogP) is 4.50. The molecule has 0 saturated carbocycles. The number of amides is 1. The maximum absolute atomic E-state index is 13.6. The summed E-state index contributed by atoms with van der Waals surface area (Å²) in [5, 5.41) is 12.3. The SMILES string of the molecule is COc1cc(F)ccc1-c1nc(C(=O)N[C@@H](CC(=O)O)c2ccccc2Cl)ccc1OC. The number of methoxy groups -OCH3 is 2. The lowest BCUT2D eigenvalue weighted by molar-refractivity contribution is -0.137. The van der Waals surface area contributed by atoms with Gasteiger partial charge in [-0.05, 0) is 35.9 Å². The van der Waals surface area contributed by atoms with Crippen molar-refractivity contribution in [1.29, 1.82) is 0 Å². The summed E-state index contributed by atoms with van der Waals surface area (Å²) in [5.74, 6) is -1.64. The number of hydrogen-bond donors (Lipinski definition) is 2. The topological polar surface area (TPSA) is 97.8 Å². The van der Waals surface area contributed by atoms with E-state index < -0.39 is 23.7 Å². The number of carbonyl (C=O) groups excluding carboxylic acids is 1. The number of carbonyl (C=O) groups is 2. The van der Waals surface area contributed by atoms with Crippen LogP contribution < -0.4 is 14.8 Å². The minimum atomic E-state index is -1.10. The third-order valence-corrected chi connectivity index (χ3v) is 5.04. The molecule has 32 heavy (non-hydrogen) atoms. The quantitative estimate of drug-likeness (QED) is 0.515. The van der Waals surface area contributed by atoms with Gasteiger partial charge in [-0.25, -0.2) is 9.37 Å². The molecule has 2 aromatic carbocycles. The lowest BCUT2D eigenvalue weighted by atomic mass is 10.0. The van der Waals surface area contributed by atoms with E-state index in [-0.39, 0.29) is 23.6 Å². The first-order valence-electron chi connectivity index (χ1n) is 9.50. The molecule has 1 aromatic heterocycles. The average molecular weight is 459 g/mol. The van der Waals surface area contributed by atoms with Crippen molar-refractivity contribution in [3.63, 3.8) is 0 Å². The zero-order valence-electron chi connectivity index (χ0n) is 17.3. The number of halogens is 2. The van der Waals surface area contributed by atoms with Gasteiger partial charge >= 0.3 is 5.97 Å². The Morgan fingerprint density at radius 2 is 1.81 bits per heavy atom. The molecule has 0 aliphatic heterocycles. The number of hydrogen-bond acceptors (Lipinski definition) is 5. The van der Waals surface area contributed by atoms with Crippen LogP contribution in [0.25, 0.3) is 11.3 Å². The summed E-state index contributed by atoms with van der Waals surface area (Å²) >= 11 is 6.20.